The summed E-state index contributed by atoms with van der Waals surface area (Å²) < 4.78 is 0. The van der Waals surface area contributed by atoms with E-state index >= 15 is 0 Å². The molecule has 0 fully saturated rings. The zero-order valence-corrected chi connectivity index (χ0v) is 24.6. The van der Waals surface area contributed by atoms with Gasteiger partial charge in [-0.3, -0.25) is 0 Å². The van der Waals surface area contributed by atoms with Crippen LogP contribution in [0.15, 0.2) is 85.0 Å². The van der Waals surface area contributed by atoms with Crippen molar-refractivity contribution in [2.75, 3.05) is 19.0 Å². The van der Waals surface area contributed by atoms with Gasteiger partial charge in [0, 0.05) is 31.9 Å². The predicted octanol–water partition coefficient (Wildman–Crippen LogP) is 3.87. The van der Waals surface area contributed by atoms with Gasteiger partial charge in [-0.15, -0.1) is 10.7 Å². The van der Waals surface area contributed by atoms with Crippen LogP contribution in [0.3, 0.4) is 0 Å². The third kappa shape index (κ3) is 4.59. The summed E-state index contributed by atoms with van der Waals surface area (Å²) in [7, 11) is 4.10. The Labute approximate surface area is 250 Å². The number of aromatic nitrogens is 2. The third-order valence-electron chi connectivity index (χ3n) is 7.71. The SMILES string of the molecule is Cc1cc(C)c(/C2=c3\cc/c([n-]3)=C3\C=C[C+]([N-]3)/C(c3ccc(N(C)C)cc3)=c3/cc/c([n-]3)=C3\C=C[C+]2[N-]3)c(C)c1.[Ni+2]. The molecule has 41 heavy (non-hydrogen) atoms. The predicted molar refractivity (Wildman–Crippen MR) is 163 cm³/mol. The van der Waals surface area contributed by atoms with Gasteiger partial charge in [-0.25, -0.2) is 0 Å². The molecule has 3 aliphatic heterocycles. The number of anilines is 1. The zero-order chi connectivity index (χ0) is 27.5. The second kappa shape index (κ2) is 10.2. The van der Waals surface area contributed by atoms with Crippen LogP contribution >= 0.6 is 0 Å². The molecule has 3 aliphatic rings. The van der Waals surface area contributed by atoms with Crippen LogP contribution in [-0.4, -0.2) is 14.1 Å². The number of hydrogen-bond donors (Lipinski definition) is 0. The Morgan fingerprint density at radius 1 is 0.610 bits per heavy atom. The van der Waals surface area contributed by atoms with Gasteiger partial charge in [0.15, 0.2) is 0 Å². The Kier molecular flexibility index (Phi) is 6.67. The van der Waals surface area contributed by atoms with Crippen molar-refractivity contribution in [1.29, 1.82) is 0 Å². The van der Waals surface area contributed by atoms with Crippen LogP contribution in [0.25, 0.3) is 33.2 Å². The van der Waals surface area contributed by atoms with E-state index in [2.05, 4.69) is 111 Å². The van der Waals surface area contributed by atoms with Crippen LogP contribution < -0.4 is 36.3 Å². The molecule has 0 unspecified atom stereocenters. The van der Waals surface area contributed by atoms with E-state index in [1.807, 2.05) is 14.1 Å². The summed E-state index contributed by atoms with van der Waals surface area (Å²) >= 11 is 0. The molecular formula is C35H29N5Ni. The van der Waals surface area contributed by atoms with Crippen molar-refractivity contribution in [2.45, 2.75) is 20.8 Å². The van der Waals surface area contributed by atoms with Gasteiger partial charge in [-0.05, 0) is 121 Å². The topological polar surface area (TPSA) is 59.6 Å². The number of rotatable bonds is 3. The van der Waals surface area contributed by atoms with E-state index in [0.717, 1.165) is 67.3 Å². The fraction of sp³-hybridized carbons (Fsp3) is 0.143. The van der Waals surface area contributed by atoms with Crippen LogP contribution in [0.4, 0.5) is 5.69 Å². The second-order valence-corrected chi connectivity index (χ2v) is 10.8. The number of nitrogens with zero attached hydrogens (tertiary/aromatic N) is 5. The molecule has 204 valence electrons. The normalized spacial score (nSPS) is 20.4. The standard InChI is InChI=1S/C35H29N5.Ni/c1-20-18-21(2)33(22(3)19-20)35-31-16-12-27(38-31)25-10-14-29(36-25)34(23-6-8-24(9-7-23)40(4)5)30-15-11-26(37-30)28-13-17-32(35)39-28;/h6-19H,1-5H3;/q-2;+2/b27-25-,28-26-,34-29-,35-32+;. The van der Waals surface area contributed by atoms with Crippen LogP contribution in [0.1, 0.15) is 27.8 Å². The molecule has 8 bridgehead atoms. The number of benzene rings is 2. The average Bonchev–Trinajstić information content (AvgIpc) is 3.73. The van der Waals surface area contributed by atoms with Gasteiger partial charge < -0.3 is 25.5 Å². The Morgan fingerprint density at radius 2 is 1.10 bits per heavy atom. The fourth-order valence-corrected chi connectivity index (χ4v) is 5.89. The summed E-state index contributed by atoms with van der Waals surface area (Å²) in [5, 5.41) is 13.7. The second-order valence-electron chi connectivity index (χ2n) is 10.8. The van der Waals surface area contributed by atoms with Crippen LogP contribution in [0.5, 0.6) is 0 Å². The van der Waals surface area contributed by atoms with Crippen molar-refractivity contribution in [3.63, 3.8) is 0 Å². The summed E-state index contributed by atoms with van der Waals surface area (Å²) in [5.41, 5.74) is 10.8. The van der Waals surface area contributed by atoms with Crippen LogP contribution in [-0.2, 0) is 16.5 Å². The molecule has 0 saturated heterocycles. The maximum atomic E-state index is 5.11. The maximum absolute atomic E-state index is 5.11. The first-order valence-electron chi connectivity index (χ1n) is 13.5. The summed E-state index contributed by atoms with van der Waals surface area (Å²) in [5.74, 6) is 0. The average molecular weight is 578 g/mol. The first-order valence-corrected chi connectivity index (χ1v) is 13.5. The summed E-state index contributed by atoms with van der Waals surface area (Å²) in [6.07, 6.45) is 8.28. The molecule has 4 aromatic rings. The van der Waals surface area contributed by atoms with Crippen molar-refractivity contribution in [3.8, 4) is 0 Å². The van der Waals surface area contributed by atoms with Crippen LogP contribution in [0.2, 0.25) is 0 Å². The van der Waals surface area contributed by atoms with Crippen molar-refractivity contribution in [2.24, 2.45) is 0 Å². The molecule has 0 N–H and O–H groups in total. The Hall–Kier alpha value is -4.41. The van der Waals surface area contributed by atoms with E-state index in [4.69, 9.17) is 20.6 Å². The number of aryl methyl sites for hydroxylation is 3. The van der Waals surface area contributed by atoms with E-state index in [-0.39, 0.29) is 16.5 Å². The van der Waals surface area contributed by atoms with Crippen molar-refractivity contribution < 1.29 is 16.5 Å². The van der Waals surface area contributed by atoms with Crippen molar-refractivity contribution in [3.05, 3.63) is 157 Å². The third-order valence-corrected chi connectivity index (χ3v) is 7.71. The zero-order valence-electron chi connectivity index (χ0n) is 23.6. The summed E-state index contributed by atoms with van der Waals surface area (Å²) in [6.45, 7) is 6.47. The molecule has 0 atom stereocenters. The van der Waals surface area contributed by atoms with Gasteiger partial charge in [0.05, 0.1) is 22.3 Å². The molecule has 0 spiro atoms. The molecular weight excluding hydrogens is 549 g/mol. The number of hydrogen-bond acceptors (Lipinski definition) is 1. The molecule has 2 aromatic heterocycles. The van der Waals surface area contributed by atoms with Gasteiger partial charge >= 0.3 is 16.5 Å². The fourth-order valence-electron chi connectivity index (χ4n) is 5.89. The molecule has 0 aliphatic carbocycles. The van der Waals surface area contributed by atoms with Gasteiger partial charge in [0.25, 0.3) is 0 Å². The Morgan fingerprint density at radius 3 is 1.63 bits per heavy atom. The first-order chi connectivity index (χ1) is 19.4. The molecule has 7 rings (SSSR count). The van der Waals surface area contributed by atoms with Gasteiger partial charge in [0.1, 0.15) is 0 Å². The summed E-state index contributed by atoms with van der Waals surface area (Å²) in [4.78, 5) is 12.3. The number of fused-ring (bicyclic) bond motifs is 8. The minimum Gasteiger partial charge on any atom is -0.612 e. The van der Waals surface area contributed by atoms with E-state index in [1.165, 1.54) is 22.3 Å². The molecule has 5 nitrogen and oxygen atoms in total. The molecule has 0 radical (unpaired) electrons. The molecule has 0 amide bonds. The minimum atomic E-state index is 0. The van der Waals surface area contributed by atoms with E-state index in [0.29, 0.717) is 0 Å². The molecule has 5 heterocycles. The van der Waals surface area contributed by atoms with Crippen molar-refractivity contribution in [1.82, 2.24) is 9.97 Å². The molecule has 0 saturated carbocycles. The maximum Gasteiger partial charge on any atom is 2.00 e. The smallest absolute Gasteiger partial charge is 0.612 e. The quantitative estimate of drug-likeness (QED) is 0.274. The summed E-state index contributed by atoms with van der Waals surface area (Å²) in [6, 6.07) is 23.1. The van der Waals surface area contributed by atoms with E-state index in [9.17, 15) is 0 Å². The van der Waals surface area contributed by atoms with E-state index < -0.39 is 0 Å². The van der Waals surface area contributed by atoms with Gasteiger partial charge in [-0.2, -0.15) is 0 Å². The minimum absolute atomic E-state index is 0. The van der Waals surface area contributed by atoms with Gasteiger partial charge in [0.2, 0.25) is 0 Å². The van der Waals surface area contributed by atoms with Crippen molar-refractivity contribution >= 4 is 28.2 Å². The van der Waals surface area contributed by atoms with Gasteiger partial charge in [-0.1, -0.05) is 23.5 Å². The Balaban J connectivity index is 0.00000302. The monoisotopic (exact) mass is 577 g/mol. The molecule has 6 heteroatoms. The molecule has 2 aromatic carbocycles. The van der Waals surface area contributed by atoms with Crippen LogP contribution in [0, 0.1) is 32.9 Å². The van der Waals surface area contributed by atoms with E-state index in [1.54, 1.807) is 0 Å². The first kappa shape index (κ1) is 26.8. The largest absolute Gasteiger partial charge is 2.00 e. The Bertz CT molecular complexity index is 1950.